The Morgan fingerprint density at radius 3 is 2.30 bits per heavy atom. The average molecular weight is 415 g/mol. The van der Waals surface area contributed by atoms with Crippen molar-refractivity contribution >= 4 is 20.0 Å². The number of nitrogens with one attached hydrogen (secondary N) is 1. The molecule has 1 aromatic carbocycles. The van der Waals surface area contributed by atoms with Crippen molar-refractivity contribution in [1.82, 2.24) is 18.6 Å². The third-order valence-electron chi connectivity index (χ3n) is 4.44. The summed E-state index contributed by atoms with van der Waals surface area (Å²) in [6.45, 7) is 2.40. The minimum atomic E-state index is -3.81. The quantitative estimate of drug-likeness (QED) is 0.775. The highest BCUT2D eigenvalue weighted by atomic mass is 32.2. The first-order valence-corrected chi connectivity index (χ1v) is 11.3. The normalized spacial score (nSPS) is 17.6. The first-order valence-electron chi connectivity index (χ1n) is 8.40. The predicted octanol–water partition coefficient (Wildman–Crippen LogP) is 0.812. The summed E-state index contributed by atoms with van der Waals surface area (Å²) >= 11 is 0. The Bertz CT molecular complexity index is 1000. The van der Waals surface area contributed by atoms with Gasteiger partial charge in [0.2, 0.25) is 10.0 Å². The Kier molecular flexibility index (Phi) is 5.56. The molecule has 1 N–H and O–H groups in total. The number of hydrogen-bond acceptors (Lipinski definition) is 6. The topological polar surface area (TPSA) is 113 Å². The molecule has 0 unspecified atom stereocenters. The van der Waals surface area contributed by atoms with E-state index in [0.29, 0.717) is 6.42 Å². The van der Waals surface area contributed by atoms with Gasteiger partial charge in [-0.3, -0.25) is 0 Å². The van der Waals surface area contributed by atoms with Gasteiger partial charge in [0.25, 0.3) is 10.0 Å². The van der Waals surface area contributed by atoms with Crippen LogP contribution in [0.15, 0.2) is 40.6 Å². The van der Waals surface area contributed by atoms with Gasteiger partial charge in [0, 0.05) is 26.2 Å². The second kappa shape index (κ2) is 7.58. The zero-order chi connectivity index (χ0) is 19.7. The zero-order valence-corrected chi connectivity index (χ0v) is 16.8. The lowest BCUT2D eigenvalue weighted by atomic mass is 10.2. The van der Waals surface area contributed by atoms with Crippen LogP contribution in [0.1, 0.15) is 12.0 Å². The first-order chi connectivity index (χ1) is 12.8. The van der Waals surface area contributed by atoms with E-state index in [0.717, 1.165) is 5.56 Å². The molecule has 1 aliphatic rings. The molecule has 11 heteroatoms. The lowest BCUT2D eigenvalue weighted by molar-refractivity contribution is 0.388. The fourth-order valence-electron chi connectivity index (χ4n) is 3.00. The summed E-state index contributed by atoms with van der Waals surface area (Å²) in [6.07, 6.45) is 2.93. The minimum absolute atomic E-state index is 0.000777. The number of ether oxygens (including phenoxy) is 1. The Morgan fingerprint density at radius 2 is 1.70 bits per heavy atom. The van der Waals surface area contributed by atoms with Crippen molar-refractivity contribution in [3.05, 3.63) is 36.3 Å². The minimum Gasteiger partial charge on any atom is -0.495 e. The largest absolute Gasteiger partial charge is 0.495 e. The number of hydrogen-bond donors (Lipinski definition) is 1. The van der Waals surface area contributed by atoms with Crippen LogP contribution >= 0.6 is 0 Å². The SMILES string of the molecule is COc1ccc(C)cc1S(=O)(=O)N1CCCN(S(=O)(=O)c2cnc[nH]2)CC1. The number of sulfonamides is 2. The molecule has 1 aliphatic heterocycles. The van der Waals surface area contributed by atoms with Gasteiger partial charge < -0.3 is 9.72 Å². The molecule has 1 fully saturated rings. The maximum Gasteiger partial charge on any atom is 0.260 e. The van der Waals surface area contributed by atoms with Gasteiger partial charge in [0.05, 0.1) is 19.6 Å². The number of nitrogens with zero attached hydrogens (tertiary/aromatic N) is 3. The van der Waals surface area contributed by atoms with Crippen LogP contribution < -0.4 is 4.74 Å². The van der Waals surface area contributed by atoms with E-state index >= 15 is 0 Å². The molecule has 148 valence electrons. The maximum atomic E-state index is 13.1. The molecule has 2 heterocycles. The van der Waals surface area contributed by atoms with Crippen LogP contribution in [0.2, 0.25) is 0 Å². The van der Waals surface area contributed by atoms with Crippen LogP contribution in [0.4, 0.5) is 0 Å². The first kappa shape index (κ1) is 19.8. The van der Waals surface area contributed by atoms with Gasteiger partial charge in [-0.1, -0.05) is 6.07 Å². The van der Waals surface area contributed by atoms with Gasteiger partial charge in [-0.2, -0.15) is 8.61 Å². The number of aromatic nitrogens is 2. The van der Waals surface area contributed by atoms with Crippen molar-refractivity contribution in [2.24, 2.45) is 0 Å². The highest BCUT2D eigenvalue weighted by molar-refractivity contribution is 7.89. The summed E-state index contributed by atoms with van der Waals surface area (Å²) in [7, 11) is -6.11. The molecule has 27 heavy (non-hydrogen) atoms. The Balaban J connectivity index is 1.85. The third kappa shape index (κ3) is 3.86. The molecular formula is C16H22N4O5S2. The summed E-state index contributed by atoms with van der Waals surface area (Å²) in [5.74, 6) is 0.270. The lowest BCUT2D eigenvalue weighted by Crippen LogP contribution is -2.37. The lowest BCUT2D eigenvalue weighted by Gasteiger charge is -2.22. The van der Waals surface area contributed by atoms with Gasteiger partial charge in [-0.25, -0.2) is 21.8 Å². The van der Waals surface area contributed by atoms with E-state index in [2.05, 4.69) is 9.97 Å². The Labute approximate surface area is 159 Å². The summed E-state index contributed by atoms with van der Waals surface area (Å²) in [4.78, 5) is 6.43. The molecule has 1 saturated heterocycles. The summed E-state index contributed by atoms with van der Waals surface area (Å²) in [6, 6.07) is 4.96. The van der Waals surface area contributed by atoms with Crippen LogP contribution in [0.25, 0.3) is 0 Å². The average Bonchev–Trinajstić information content (AvgIpc) is 3.06. The smallest absolute Gasteiger partial charge is 0.260 e. The van der Waals surface area contributed by atoms with E-state index in [4.69, 9.17) is 4.74 Å². The second-order valence-electron chi connectivity index (χ2n) is 6.23. The summed E-state index contributed by atoms with van der Waals surface area (Å²) < 4.78 is 59.3. The Hall–Kier alpha value is -1.95. The molecule has 0 radical (unpaired) electrons. The van der Waals surface area contributed by atoms with Crippen molar-refractivity contribution in [2.45, 2.75) is 23.3 Å². The van der Waals surface area contributed by atoms with Gasteiger partial charge in [0.15, 0.2) is 5.03 Å². The molecule has 3 rings (SSSR count). The van der Waals surface area contributed by atoms with Gasteiger partial charge in [-0.05, 0) is 31.0 Å². The van der Waals surface area contributed by atoms with Gasteiger partial charge in [-0.15, -0.1) is 0 Å². The van der Waals surface area contributed by atoms with E-state index < -0.39 is 20.0 Å². The van der Waals surface area contributed by atoms with Crippen LogP contribution in [-0.4, -0.2) is 68.7 Å². The summed E-state index contributed by atoms with van der Waals surface area (Å²) in [5.41, 5.74) is 0.799. The van der Waals surface area contributed by atoms with Crippen molar-refractivity contribution < 1.29 is 21.6 Å². The van der Waals surface area contributed by atoms with Crippen LogP contribution in [0, 0.1) is 6.92 Å². The Morgan fingerprint density at radius 1 is 1.04 bits per heavy atom. The van der Waals surface area contributed by atoms with E-state index in [1.807, 2.05) is 0 Å². The van der Waals surface area contributed by atoms with E-state index in [1.165, 1.54) is 28.2 Å². The maximum absolute atomic E-state index is 13.1. The number of aryl methyl sites for hydroxylation is 1. The molecule has 2 aromatic rings. The summed E-state index contributed by atoms with van der Waals surface area (Å²) in [5, 5.41) is -0.000777. The molecule has 0 spiro atoms. The van der Waals surface area contributed by atoms with Crippen molar-refractivity contribution in [3.8, 4) is 5.75 Å². The number of aromatic amines is 1. The molecule has 0 atom stereocenters. The standard InChI is InChI=1S/C16H22N4O5S2/c1-13-4-5-14(25-2)15(10-13)26(21,22)19-6-3-7-20(9-8-19)27(23,24)16-11-17-12-18-16/h4-5,10-12H,3,6-9H2,1-2H3,(H,17,18). The molecular weight excluding hydrogens is 392 g/mol. The fourth-order valence-corrected chi connectivity index (χ4v) is 6.07. The van der Waals surface area contributed by atoms with Crippen molar-refractivity contribution in [2.75, 3.05) is 33.3 Å². The number of H-pyrrole nitrogens is 1. The number of rotatable bonds is 5. The van der Waals surface area contributed by atoms with E-state index in [1.54, 1.807) is 25.1 Å². The predicted molar refractivity (Wildman–Crippen MR) is 98.5 cm³/mol. The molecule has 0 aliphatic carbocycles. The van der Waals surface area contributed by atoms with Crippen LogP contribution in [0.5, 0.6) is 5.75 Å². The second-order valence-corrected chi connectivity index (χ2v) is 10.0. The molecule has 0 amide bonds. The third-order valence-corrected chi connectivity index (χ3v) is 8.19. The van der Waals surface area contributed by atoms with Crippen molar-refractivity contribution in [1.29, 1.82) is 0 Å². The van der Waals surface area contributed by atoms with Crippen LogP contribution in [0.3, 0.4) is 0 Å². The monoisotopic (exact) mass is 414 g/mol. The molecule has 9 nitrogen and oxygen atoms in total. The number of benzene rings is 1. The molecule has 1 aromatic heterocycles. The molecule has 0 saturated carbocycles. The molecule has 0 bridgehead atoms. The number of methoxy groups -OCH3 is 1. The highest BCUT2D eigenvalue weighted by Gasteiger charge is 2.33. The van der Waals surface area contributed by atoms with E-state index in [9.17, 15) is 16.8 Å². The number of imidazole rings is 1. The van der Waals surface area contributed by atoms with E-state index in [-0.39, 0.29) is 41.8 Å². The van der Waals surface area contributed by atoms with Gasteiger partial charge in [0.1, 0.15) is 10.6 Å². The van der Waals surface area contributed by atoms with Crippen LogP contribution in [-0.2, 0) is 20.0 Å². The fraction of sp³-hybridized carbons (Fsp3) is 0.438. The van der Waals surface area contributed by atoms with Gasteiger partial charge >= 0.3 is 0 Å². The van der Waals surface area contributed by atoms with Crippen molar-refractivity contribution in [3.63, 3.8) is 0 Å². The highest BCUT2D eigenvalue weighted by Crippen LogP contribution is 2.28. The zero-order valence-electron chi connectivity index (χ0n) is 15.1.